The third kappa shape index (κ3) is 9.45. The molecule has 0 aliphatic rings. The summed E-state index contributed by atoms with van der Waals surface area (Å²) in [6.07, 6.45) is 2.56. The third-order valence-corrected chi connectivity index (χ3v) is 5.27. The average molecular weight is 544 g/mol. The van der Waals surface area contributed by atoms with Crippen LogP contribution in [0.4, 0.5) is 21.0 Å². The van der Waals surface area contributed by atoms with Crippen LogP contribution < -0.4 is 26.5 Å². The lowest BCUT2D eigenvalue weighted by atomic mass is 10.1. The molecule has 0 aromatic heterocycles. The van der Waals surface area contributed by atoms with Gasteiger partial charge in [-0.25, -0.2) is 14.4 Å². The molecule has 3 aromatic rings. The number of hydrogen-bond acceptors (Lipinski definition) is 8. The minimum atomic E-state index is -0.643. The number of para-hydroxylation sites is 1. The highest BCUT2D eigenvalue weighted by Crippen LogP contribution is 2.14. The van der Waals surface area contributed by atoms with E-state index in [9.17, 15) is 19.2 Å². The van der Waals surface area contributed by atoms with Crippen molar-refractivity contribution in [3.8, 4) is 5.75 Å². The van der Waals surface area contributed by atoms with Crippen LogP contribution in [-0.2, 0) is 4.74 Å². The Morgan fingerprint density at radius 2 is 1.48 bits per heavy atom. The quantitative estimate of drug-likeness (QED) is 0.0893. The first-order valence-electron chi connectivity index (χ1n) is 12.3. The minimum Gasteiger partial charge on any atom is -0.462 e. The Kier molecular flexibility index (Phi) is 11.0. The van der Waals surface area contributed by atoms with Gasteiger partial charge in [0.1, 0.15) is 5.75 Å². The largest absolute Gasteiger partial charge is 0.462 e. The van der Waals surface area contributed by atoms with E-state index in [1.807, 2.05) is 6.07 Å². The Morgan fingerprint density at radius 1 is 0.850 bits per heavy atom. The molecule has 0 radical (unpaired) electrons. The predicted molar refractivity (Wildman–Crippen MR) is 152 cm³/mol. The maximum absolute atomic E-state index is 12.5. The summed E-state index contributed by atoms with van der Waals surface area (Å²) in [5.74, 6) is 5.21. The fourth-order valence-corrected chi connectivity index (χ4v) is 3.30. The highest BCUT2D eigenvalue weighted by molar-refractivity contribution is 6.02. The Balaban J connectivity index is 1.41. The monoisotopic (exact) mass is 543 g/mol. The third-order valence-electron chi connectivity index (χ3n) is 5.27. The molecule has 0 atom stereocenters. The van der Waals surface area contributed by atoms with Gasteiger partial charge in [0.25, 0.3) is 0 Å². The van der Waals surface area contributed by atoms with Crippen LogP contribution in [0.15, 0.2) is 96.1 Å². The van der Waals surface area contributed by atoms with Crippen molar-refractivity contribution < 1.29 is 28.7 Å². The number of ketones is 1. The Hall–Kier alpha value is -5.45. The van der Waals surface area contributed by atoms with Crippen molar-refractivity contribution in [2.45, 2.75) is 13.3 Å². The van der Waals surface area contributed by atoms with Crippen LogP contribution in [-0.4, -0.2) is 42.7 Å². The molecule has 0 fully saturated rings. The van der Waals surface area contributed by atoms with E-state index in [0.29, 0.717) is 34.0 Å². The number of rotatable bonds is 11. The molecule has 0 unspecified atom stereocenters. The average Bonchev–Trinajstić information content (AvgIpc) is 2.96. The molecule has 40 heavy (non-hydrogen) atoms. The van der Waals surface area contributed by atoms with Gasteiger partial charge in [-0.1, -0.05) is 24.3 Å². The number of nitrogens with two attached hydrogens (primary N) is 1. The summed E-state index contributed by atoms with van der Waals surface area (Å²) in [5, 5.41) is 11.5. The van der Waals surface area contributed by atoms with Crippen molar-refractivity contribution in [1.29, 1.82) is 0 Å². The second-order valence-corrected chi connectivity index (χ2v) is 8.16. The first-order valence-corrected chi connectivity index (χ1v) is 12.3. The van der Waals surface area contributed by atoms with Gasteiger partial charge in [-0.15, -0.1) is 0 Å². The summed E-state index contributed by atoms with van der Waals surface area (Å²) >= 11 is 0. The molecular weight excluding hydrogens is 514 g/mol. The van der Waals surface area contributed by atoms with E-state index < -0.39 is 18.1 Å². The molecule has 0 saturated carbocycles. The second-order valence-electron chi connectivity index (χ2n) is 8.16. The lowest BCUT2D eigenvalue weighted by Gasteiger charge is -2.08. The number of benzene rings is 3. The Labute approximate surface area is 231 Å². The van der Waals surface area contributed by atoms with E-state index in [-0.39, 0.29) is 25.4 Å². The summed E-state index contributed by atoms with van der Waals surface area (Å²) in [4.78, 5) is 48.4. The molecule has 3 aromatic carbocycles. The van der Waals surface area contributed by atoms with Gasteiger partial charge in [-0.3, -0.25) is 10.1 Å². The molecule has 5 N–H and O–H groups in total. The molecule has 11 nitrogen and oxygen atoms in total. The number of nitrogens with zero attached hydrogens (tertiary/aromatic N) is 1. The number of ether oxygens (including phenoxy) is 2. The van der Waals surface area contributed by atoms with E-state index in [0.717, 1.165) is 0 Å². The maximum Gasteiger partial charge on any atom is 0.417 e. The highest BCUT2D eigenvalue weighted by atomic mass is 16.6. The number of carbonyl (C=O) groups excluding carboxylic acids is 4. The van der Waals surface area contributed by atoms with Gasteiger partial charge in [0, 0.05) is 23.4 Å². The van der Waals surface area contributed by atoms with E-state index in [1.165, 1.54) is 0 Å². The lowest BCUT2D eigenvalue weighted by Crippen LogP contribution is -2.33. The standard InChI is InChI=1S/C29H29N5O6/c1-2-39-27(36)21-13-17-22(18-14-21)32-28(37)31-19-24(34-30)7-6-10-26(35)20-11-15-23(16-12-20)33-29(38)40-25-8-4-3-5-9-25/h3-9,11-18H,2,10,19,30H2,1H3,(H,33,38)(H2,31,32,37)/b7-6+,34-24+. The van der Waals surface area contributed by atoms with Crippen LogP contribution in [0.25, 0.3) is 0 Å². The molecule has 0 bridgehead atoms. The summed E-state index contributed by atoms with van der Waals surface area (Å²) in [6.45, 7) is 2.01. The first-order chi connectivity index (χ1) is 19.4. The fourth-order valence-electron chi connectivity index (χ4n) is 3.30. The molecule has 0 aliphatic carbocycles. The number of amides is 3. The fraction of sp³-hybridized carbons (Fsp3) is 0.138. The zero-order valence-electron chi connectivity index (χ0n) is 21.8. The van der Waals surface area contributed by atoms with Crippen molar-refractivity contribution in [2.24, 2.45) is 10.9 Å². The summed E-state index contributed by atoms with van der Waals surface area (Å²) < 4.78 is 10.1. The summed E-state index contributed by atoms with van der Waals surface area (Å²) in [7, 11) is 0. The number of hydrogen-bond donors (Lipinski definition) is 4. The molecule has 0 heterocycles. The van der Waals surface area contributed by atoms with Gasteiger partial charge in [0.05, 0.1) is 24.4 Å². The molecule has 206 valence electrons. The Bertz CT molecular complexity index is 1370. The van der Waals surface area contributed by atoms with Gasteiger partial charge in [-0.05, 0) is 73.7 Å². The molecule has 0 spiro atoms. The molecular formula is C29H29N5O6. The number of anilines is 2. The number of allylic oxidation sites excluding steroid dienone is 1. The SMILES string of the molecule is CCOC(=O)c1ccc(NC(=O)NCC(/C=C/CC(=O)c2ccc(NC(=O)Oc3ccccc3)cc2)=N/N)cc1. The second kappa shape index (κ2) is 15.1. The number of carbonyl (C=O) groups is 4. The van der Waals surface area contributed by atoms with E-state index in [1.54, 1.807) is 91.9 Å². The minimum absolute atomic E-state index is 0.0212. The summed E-state index contributed by atoms with van der Waals surface area (Å²) in [6, 6.07) is 20.8. The highest BCUT2D eigenvalue weighted by Gasteiger charge is 2.09. The van der Waals surface area contributed by atoms with Crippen molar-refractivity contribution in [2.75, 3.05) is 23.8 Å². The summed E-state index contributed by atoms with van der Waals surface area (Å²) in [5.41, 5.74) is 2.12. The van der Waals surface area contributed by atoms with Gasteiger partial charge in [0.15, 0.2) is 5.78 Å². The molecule has 3 rings (SSSR count). The van der Waals surface area contributed by atoms with E-state index in [2.05, 4.69) is 21.1 Å². The van der Waals surface area contributed by atoms with Crippen molar-refractivity contribution in [1.82, 2.24) is 5.32 Å². The Morgan fingerprint density at radius 3 is 2.10 bits per heavy atom. The van der Waals surface area contributed by atoms with Crippen molar-refractivity contribution in [3.63, 3.8) is 0 Å². The molecule has 0 aliphatic heterocycles. The first kappa shape index (κ1) is 29.1. The van der Waals surface area contributed by atoms with Crippen LogP contribution in [0.3, 0.4) is 0 Å². The van der Waals surface area contributed by atoms with Gasteiger partial charge in [-0.2, -0.15) is 5.10 Å². The molecule has 0 saturated heterocycles. The normalized spacial score (nSPS) is 11.0. The van der Waals surface area contributed by atoms with Crippen molar-refractivity contribution in [3.05, 3.63) is 102 Å². The van der Waals surface area contributed by atoms with Crippen LogP contribution in [0.2, 0.25) is 0 Å². The number of Topliss-reactive ketones (excluding diaryl/α,β-unsaturated/α-hetero) is 1. The van der Waals surface area contributed by atoms with Gasteiger partial charge < -0.3 is 25.9 Å². The number of esters is 1. The zero-order valence-corrected chi connectivity index (χ0v) is 21.8. The van der Waals surface area contributed by atoms with Crippen LogP contribution in [0.5, 0.6) is 5.75 Å². The topological polar surface area (TPSA) is 161 Å². The molecule has 3 amide bonds. The van der Waals surface area contributed by atoms with Crippen LogP contribution in [0.1, 0.15) is 34.1 Å². The van der Waals surface area contributed by atoms with Crippen LogP contribution in [0, 0.1) is 0 Å². The van der Waals surface area contributed by atoms with Crippen molar-refractivity contribution >= 4 is 41.0 Å². The maximum atomic E-state index is 12.5. The number of urea groups is 1. The van der Waals surface area contributed by atoms with E-state index >= 15 is 0 Å². The number of nitrogens with one attached hydrogen (secondary N) is 3. The van der Waals surface area contributed by atoms with Gasteiger partial charge in [0.2, 0.25) is 0 Å². The zero-order chi connectivity index (χ0) is 28.7. The van der Waals surface area contributed by atoms with Gasteiger partial charge >= 0.3 is 18.1 Å². The van der Waals surface area contributed by atoms with E-state index in [4.69, 9.17) is 15.3 Å². The number of hydrazone groups is 1. The molecule has 11 heteroatoms. The smallest absolute Gasteiger partial charge is 0.417 e. The van der Waals surface area contributed by atoms with Crippen LogP contribution >= 0.6 is 0 Å². The lowest BCUT2D eigenvalue weighted by molar-refractivity contribution is 0.0526. The predicted octanol–water partition coefficient (Wildman–Crippen LogP) is 4.74.